The van der Waals surface area contributed by atoms with Gasteiger partial charge >= 0.3 is 0 Å². The molecule has 2 unspecified atom stereocenters. The van der Waals surface area contributed by atoms with Crippen molar-refractivity contribution in [3.05, 3.63) is 0 Å². The predicted octanol–water partition coefficient (Wildman–Crippen LogP) is 5.16. The summed E-state index contributed by atoms with van der Waals surface area (Å²) >= 11 is 0. The summed E-state index contributed by atoms with van der Waals surface area (Å²) in [5.41, 5.74) is 6.67. The second-order valence-corrected chi connectivity index (χ2v) is 11.6. The monoisotopic (exact) mass is 574 g/mol. The van der Waals surface area contributed by atoms with Gasteiger partial charge in [0.2, 0.25) is 11.8 Å². The molecule has 0 radical (unpaired) electrons. The second-order valence-electron chi connectivity index (χ2n) is 11.6. The summed E-state index contributed by atoms with van der Waals surface area (Å²) in [5, 5.41) is 8.27. The highest BCUT2D eigenvalue weighted by atomic mass is 16.2. The van der Waals surface area contributed by atoms with E-state index in [0.29, 0.717) is 44.9 Å². The van der Waals surface area contributed by atoms with E-state index in [4.69, 9.17) is 0 Å². The minimum Gasteiger partial charge on any atom is -0.291 e. The van der Waals surface area contributed by atoms with Crippen LogP contribution in [0.25, 0.3) is 0 Å². The fourth-order valence-corrected chi connectivity index (χ4v) is 4.53. The summed E-state index contributed by atoms with van der Waals surface area (Å²) in [6.45, 7) is 7.77. The lowest BCUT2D eigenvalue weighted by Gasteiger charge is -2.10. The van der Waals surface area contributed by atoms with Crippen LogP contribution in [0.5, 0.6) is 0 Å². The molecular weight excluding hydrogens is 524 g/mol. The van der Waals surface area contributed by atoms with Gasteiger partial charge in [-0.25, -0.2) is 10.9 Å². The zero-order valence-corrected chi connectivity index (χ0v) is 25.5. The van der Waals surface area contributed by atoms with E-state index in [9.17, 15) is 28.8 Å². The van der Waals surface area contributed by atoms with Crippen LogP contribution < -0.4 is 10.9 Å². The van der Waals surface area contributed by atoms with Crippen LogP contribution in [-0.4, -0.2) is 46.4 Å². The number of Topliss-reactive ketones (excluding diaryl/α,β-unsaturated/α-hetero) is 4. The third-order valence-electron chi connectivity index (χ3n) is 7.43. The van der Waals surface area contributed by atoms with Gasteiger partial charge in [0, 0.05) is 49.9 Å². The summed E-state index contributed by atoms with van der Waals surface area (Å²) in [6, 6.07) is 0. The summed E-state index contributed by atoms with van der Waals surface area (Å²) in [5.74, 6) is -1.51. The molecule has 1 aliphatic rings. The maximum absolute atomic E-state index is 12.2. The molecule has 230 valence electrons. The molecule has 2 amide bonds. The maximum atomic E-state index is 12.2. The third kappa shape index (κ3) is 18.1. The quantitative estimate of drug-likeness (QED) is 0.381. The molecule has 0 saturated carbocycles. The molecular formula is C31H50N4O6. The van der Waals surface area contributed by atoms with Gasteiger partial charge in [0.1, 0.15) is 0 Å². The third-order valence-corrected chi connectivity index (χ3v) is 7.43. The van der Waals surface area contributed by atoms with E-state index < -0.39 is 11.6 Å². The summed E-state index contributed by atoms with van der Waals surface area (Å²) in [6.07, 6.45) is 8.34. The molecule has 0 aromatic rings. The molecule has 41 heavy (non-hydrogen) atoms. The van der Waals surface area contributed by atoms with E-state index in [0.717, 1.165) is 37.1 Å². The van der Waals surface area contributed by atoms with Gasteiger partial charge in [0.25, 0.3) is 0 Å². The molecule has 0 bridgehead atoms. The Kier molecular flexibility index (Phi) is 18.2. The van der Waals surface area contributed by atoms with Gasteiger partial charge < -0.3 is 0 Å². The van der Waals surface area contributed by atoms with Crippen LogP contribution in [0.15, 0.2) is 10.2 Å². The lowest BCUT2D eigenvalue weighted by Crippen LogP contribution is -2.21. The minimum absolute atomic E-state index is 0.111. The number of amides is 2. The Labute approximate surface area is 244 Å². The Hall–Kier alpha value is -3.04. The number of carbonyl (C=O) groups excluding carboxylic acids is 6. The molecule has 1 aliphatic heterocycles. The zero-order chi connectivity index (χ0) is 30.6. The molecule has 0 fully saturated rings. The lowest BCUT2D eigenvalue weighted by atomic mass is 9.94. The molecule has 0 saturated heterocycles. The molecule has 0 aromatic carbocycles. The maximum Gasteiger partial charge on any atom is 0.240 e. The lowest BCUT2D eigenvalue weighted by molar-refractivity contribution is -0.137. The first kappa shape index (κ1) is 36.0. The van der Waals surface area contributed by atoms with Crippen molar-refractivity contribution in [3.63, 3.8) is 0 Å². The molecule has 10 nitrogen and oxygen atoms in total. The highest BCUT2D eigenvalue weighted by molar-refractivity contribution is 6.37. The fourth-order valence-electron chi connectivity index (χ4n) is 4.53. The average Bonchev–Trinajstić information content (AvgIpc) is 2.93. The Morgan fingerprint density at radius 1 is 0.463 bits per heavy atom. The first-order valence-corrected chi connectivity index (χ1v) is 15.2. The summed E-state index contributed by atoms with van der Waals surface area (Å²) < 4.78 is 0. The van der Waals surface area contributed by atoms with Crippen LogP contribution in [0.2, 0.25) is 0 Å². The first-order chi connectivity index (χ1) is 19.5. The van der Waals surface area contributed by atoms with Crippen LogP contribution in [0.1, 0.15) is 137 Å². The number of nitrogens with zero attached hydrogens (tertiary/aromatic N) is 2. The SMILES string of the molecule is CC1=NNC(=O)CCCC(=O)NN=C(C)CCCC(C)CCC(=O)C(=O)CCCCC(=O)C(=O)CCC(C)CCC1. The number of ketones is 4. The van der Waals surface area contributed by atoms with Crippen molar-refractivity contribution in [2.75, 3.05) is 0 Å². The van der Waals surface area contributed by atoms with E-state index in [2.05, 4.69) is 21.1 Å². The van der Waals surface area contributed by atoms with Crippen LogP contribution in [-0.2, 0) is 28.8 Å². The molecule has 10 heteroatoms. The molecule has 0 aliphatic carbocycles. The molecule has 2 N–H and O–H groups in total. The van der Waals surface area contributed by atoms with E-state index in [1.165, 1.54) is 0 Å². The Balaban J connectivity index is 2.65. The average molecular weight is 575 g/mol. The second kappa shape index (κ2) is 20.8. The van der Waals surface area contributed by atoms with Gasteiger partial charge in [-0.2, -0.15) is 10.2 Å². The van der Waals surface area contributed by atoms with Crippen molar-refractivity contribution < 1.29 is 28.8 Å². The van der Waals surface area contributed by atoms with E-state index in [-0.39, 0.29) is 73.7 Å². The highest BCUT2D eigenvalue weighted by Crippen LogP contribution is 2.17. The highest BCUT2D eigenvalue weighted by Gasteiger charge is 2.18. The largest absolute Gasteiger partial charge is 0.291 e. The number of hydrogen-bond acceptors (Lipinski definition) is 8. The zero-order valence-electron chi connectivity index (χ0n) is 25.5. The van der Waals surface area contributed by atoms with Crippen molar-refractivity contribution in [2.45, 2.75) is 137 Å². The van der Waals surface area contributed by atoms with Crippen molar-refractivity contribution in [2.24, 2.45) is 22.0 Å². The van der Waals surface area contributed by atoms with Crippen molar-refractivity contribution in [3.8, 4) is 0 Å². The standard InChI is InChI=1S/C31H50N4O6/c1-22-10-7-12-24(3)32-34-30(40)16-9-17-31(41)35-33-25(4)13-8-11-23(2)19-21-29(39)27(37)15-6-5-14-26(36)28(38)20-18-22/h22-23H,5-21H2,1-4H3,(H,34,40)(H,35,41). The van der Waals surface area contributed by atoms with Gasteiger partial charge in [0.15, 0.2) is 23.1 Å². The number of hydrazone groups is 2. The van der Waals surface area contributed by atoms with Gasteiger partial charge in [-0.1, -0.05) is 26.7 Å². The number of hydrogen-bond donors (Lipinski definition) is 2. The van der Waals surface area contributed by atoms with Crippen molar-refractivity contribution in [1.29, 1.82) is 0 Å². The van der Waals surface area contributed by atoms with Gasteiger partial charge in [0.05, 0.1) is 0 Å². The van der Waals surface area contributed by atoms with Crippen LogP contribution in [0.3, 0.4) is 0 Å². The fraction of sp³-hybridized carbons (Fsp3) is 0.742. The molecule has 0 spiro atoms. The topological polar surface area (TPSA) is 151 Å². The number of carbonyl (C=O) groups is 6. The smallest absolute Gasteiger partial charge is 0.240 e. The molecule has 1 heterocycles. The first-order valence-electron chi connectivity index (χ1n) is 15.2. The van der Waals surface area contributed by atoms with Crippen molar-refractivity contribution >= 4 is 46.4 Å². The van der Waals surface area contributed by atoms with Gasteiger partial charge in [-0.3, -0.25) is 28.8 Å². The normalized spacial score (nSPS) is 24.4. The van der Waals surface area contributed by atoms with E-state index >= 15 is 0 Å². The van der Waals surface area contributed by atoms with Crippen LogP contribution >= 0.6 is 0 Å². The molecule has 1 rings (SSSR count). The van der Waals surface area contributed by atoms with Gasteiger partial charge in [-0.15, -0.1) is 0 Å². The number of rotatable bonds is 0. The van der Waals surface area contributed by atoms with Crippen LogP contribution in [0.4, 0.5) is 0 Å². The molecule has 2 atom stereocenters. The predicted molar refractivity (Wildman–Crippen MR) is 159 cm³/mol. The number of nitrogens with one attached hydrogen (secondary N) is 2. The van der Waals surface area contributed by atoms with Crippen molar-refractivity contribution in [1.82, 2.24) is 10.9 Å². The minimum atomic E-state index is -0.403. The Bertz CT molecular complexity index is 896. The summed E-state index contributed by atoms with van der Waals surface area (Å²) in [7, 11) is 0. The molecule has 0 aromatic heterocycles. The Morgan fingerprint density at radius 3 is 1.22 bits per heavy atom. The van der Waals surface area contributed by atoms with E-state index in [1.54, 1.807) is 0 Å². The van der Waals surface area contributed by atoms with Crippen LogP contribution in [0, 0.1) is 11.8 Å². The van der Waals surface area contributed by atoms with E-state index in [1.807, 2.05) is 27.7 Å². The summed E-state index contributed by atoms with van der Waals surface area (Å²) in [4.78, 5) is 73.0. The Morgan fingerprint density at radius 2 is 0.829 bits per heavy atom. The van der Waals surface area contributed by atoms with Gasteiger partial charge in [-0.05, 0) is 83.5 Å².